The second-order valence-electron chi connectivity index (χ2n) is 4.55. The van der Waals surface area contributed by atoms with E-state index in [9.17, 15) is 0 Å². The number of hydrogen-bond acceptors (Lipinski definition) is 3. The third-order valence-corrected chi connectivity index (χ3v) is 4.11. The van der Waals surface area contributed by atoms with Crippen LogP contribution in [0.3, 0.4) is 0 Å². The first kappa shape index (κ1) is 14.5. The molecule has 19 heavy (non-hydrogen) atoms. The molecule has 102 valence electrons. The number of thiophene rings is 1. The van der Waals surface area contributed by atoms with Gasteiger partial charge in [0.05, 0.1) is 16.8 Å². The van der Waals surface area contributed by atoms with Crippen molar-refractivity contribution >= 4 is 22.9 Å². The summed E-state index contributed by atoms with van der Waals surface area (Å²) >= 11 is 8.00. The quantitative estimate of drug-likeness (QED) is 0.815. The van der Waals surface area contributed by atoms with Gasteiger partial charge in [-0.1, -0.05) is 18.5 Å². The number of pyridine rings is 1. The maximum Gasteiger partial charge on any atom is 0.0759 e. The van der Waals surface area contributed by atoms with E-state index in [0.29, 0.717) is 0 Å². The molecule has 1 unspecified atom stereocenters. The number of halogens is 1. The second kappa shape index (κ2) is 7.63. The second-order valence-corrected chi connectivity index (χ2v) is 5.73. The molecule has 0 amide bonds. The Morgan fingerprint density at radius 1 is 1.42 bits per heavy atom. The first-order valence-electron chi connectivity index (χ1n) is 6.66. The van der Waals surface area contributed by atoms with Crippen LogP contribution in [-0.2, 0) is 6.42 Å². The van der Waals surface area contributed by atoms with E-state index in [1.807, 2.05) is 18.3 Å². The van der Waals surface area contributed by atoms with Crippen LogP contribution in [0.2, 0.25) is 5.02 Å². The van der Waals surface area contributed by atoms with Crippen molar-refractivity contribution in [3.8, 4) is 0 Å². The Morgan fingerprint density at radius 3 is 3.00 bits per heavy atom. The first-order chi connectivity index (χ1) is 9.31. The van der Waals surface area contributed by atoms with Crippen molar-refractivity contribution in [2.24, 2.45) is 0 Å². The first-order valence-corrected chi connectivity index (χ1v) is 7.98. The van der Waals surface area contributed by atoms with Crippen LogP contribution in [0.15, 0.2) is 35.2 Å². The third-order valence-electron chi connectivity index (χ3n) is 3.06. The van der Waals surface area contributed by atoms with E-state index in [4.69, 9.17) is 11.6 Å². The fourth-order valence-corrected chi connectivity index (χ4v) is 3.01. The van der Waals surface area contributed by atoms with Crippen molar-refractivity contribution < 1.29 is 0 Å². The molecule has 0 aliphatic heterocycles. The number of aromatic nitrogens is 1. The van der Waals surface area contributed by atoms with Crippen LogP contribution in [0.4, 0.5) is 0 Å². The van der Waals surface area contributed by atoms with Crippen molar-refractivity contribution in [3.05, 3.63) is 51.4 Å². The maximum absolute atomic E-state index is 6.26. The average molecular weight is 295 g/mol. The van der Waals surface area contributed by atoms with E-state index >= 15 is 0 Å². The van der Waals surface area contributed by atoms with Crippen LogP contribution in [0.5, 0.6) is 0 Å². The van der Waals surface area contributed by atoms with E-state index in [1.165, 1.54) is 5.56 Å². The van der Waals surface area contributed by atoms with Gasteiger partial charge in [0.25, 0.3) is 0 Å². The molecule has 0 saturated heterocycles. The summed E-state index contributed by atoms with van der Waals surface area (Å²) in [4.78, 5) is 4.44. The number of aryl methyl sites for hydroxylation is 1. The molecule has 1 atom stereocenters. The number of nitrogens with one attached hydrogen (secondary N) is 1. The van der Waals surface area contributed by atoms with Gasteiger partial charge in [-0.3, -0.25) is 4.98 Å². The summed E-state index contributed by atoms with van der Waals surface area (Å²) in [7, 11) is 0. The lowest BCUT2D eigenvalue weighted by molar-refractivity contribution is 0.489. The minimum atomic E-state index is 0.230. The summed E-state index contributed by atoms with van der Waals surface area (Å²) in [5, 5.41) is 8.62. The van der Waals surface area contributed by atoms with Gasteiger partial charge in [0.1, 0.15) is 0 Å². The van der Waals surface area contributed by atoms with Crippen LogP contribution >= 0.6 is 22.9 Å². The smallest absolute Gasteiger partial charge is 0.0759 e. The Morgan fingerprint density at radius 2 is 2.32 bits per heavy atom. The molecular weight excluding hydrogens is 276 g/mol. The highest BCUT2D eigenvalue weighted by Crippen LogP contribution is 2.24. The lowest BCUT2D eigenvalue weighted by Gasteiger charge is -2.18. The highest BCUT2D eigenvalue weighted by molar-refractivity contribution is 7.07. The minimum Gasteiger partial charge on any atom is -0.309 e. The Labute approximate surface area is 123 Å². The topological polar surface area (TPSA) is 24.9 Å². The molecule has 0 aliphatic rings. The zero-order valence-electron chi connectivity index (χ0n) is 11.1. The third kappa shape index (κ3) is 4.30. The molecule has 0 saturated carbocycles. The average Bonchev–Trinajstić information content (AvgIpc) is 2.93. The summed E-state index contributed by atoms with van der Waals surface area (Å²) in [6.45, 7) is 3.16. The predicted molar refractivity (Wildman–Crippen MR) is 82.9 cm³/mol. The fourth-order valence-electron chi connectivity index (χ4n) is 2.05. The SMILES string of the molecule is CCCNC(CCc1ccsc1)c1ncccc1Cl. The Kier molecular flexibility index (Phi) is 5.83. The molecule has 2 aromatic heterocycles. The molecule has 0 radical (unpaired) electrons. The molecular formula is C15H19ClN2S. The number of hydrogen-bond donors (Lipinski definition) is 1. The van der Waals surface area contributed by atoms with Crippen molar-refractivity contribution in [3.63, 3.8) is 0 Å². The van der Waals surface area contributed by atoms with Crippen LogP contribution < -0.4 is 5.32 Å². The van der Waals surface area contributed by atoms with Crippen molar-refractivity contribution in [2.45, 2.75) is 32.2 Å². The Hall–Kier alpha value is -0.900. The lowest BCUT2D eigenvalue weighted by atomic mass is 10.0. The van der Waals surface area contributed by atoms with E-state index in [0.717, 1.165) is 36.5 Å². The summed E-state index contributed by atoms with van der Waals surface area (Å²) in [5.74, 6) is 0. The molecule has 4 heteroatoms. The molecule has 0 bridgehead atoms. The molecule has 2 rings (SSSR count). The van der Waals surface area contributed by atoms with Crippen molar-refractivity contribution in [2.75, 3.05) is 6.54 Å². The molecule has 2 aromatic rings. The zero-order chi connectivity index (χ0) is 13.5. The van der Waals surface area contributed by atoms with Gasteiger partial charge in [-0.15, -0.1) is 0 Å². The van der Waals surface area contributed by atoms with Gasteiger partial charge in [0.15, 0.2) is 0 Å². The number of rotatable bonds is 7. The Bertz CT molecular complexity index is 485. The summed E-state index contributed by atoms with van der Waals surface area (Å²) < 4.78 is 0. The van der Waals surface area contributed by atoms with Crippen LogP contribution in [0.1, 0.15) is 37.1 Å². The van der Waals surface area contributed by atoms with Gasteiger partial charge in [-0.2, -0.15) is 11.3 Å². The molecule has 2 heterocycles. The zero-order valence-corrected chi connectivity index (χ0v) is 12.7. The van der Waals surface area contributed by atoms with E-state index in [1.54, 1.807) is 11.3 Å². The standard InChI is InChI=1S/C15H19ClN2S/c1-2-8-17-14(6-5-12-7-10-19-11-12)15-13(16)4-3-9-18-15/h3-4,7,9-11,14,17H,2,5-6,8H2,1H3. The molecule has 1 N–H and O–H groups in total. The van der Waals surface area contributed by atoms with Crippen LogP contribution in [-0.4, -0.2) is 11.5 Å². The number of nitrogens with zero attached hydrogens (tertiary/aromatic N) is 1. The summed E-state index contributed by atoms with van der Waals surface area (Å²) in [5.41, 5.74) is 2.35. The van der Waals surface area contributed by atoms with E-state index in [2.05, 4.69) is 34.1 Å². The van der Waals surface area contributed by atoms with E-state index < -0.39 is 0 Å². The van der Waals surface area contributed by atoms with Gasteiger partial charge in [0.2, 0.25) is 0 Å². The predicted octanol–water partition coefficient (Wildman–Crippen LogP) is 4.47. The van der Waals surface area contributed by atoms with Crippen molar-refractivity contribution in [1.29, 1.82) is 0 Å². The van der Waals surface area contributed by atoms with Gasteiger partial charge in [-0.05, 0) is 60.3 Å². The van der Waals surface area contributed by atoms with Crippen LogP contribution in [0, 0.1) is 0 Å². The van der Waals surface area contributed by atoms with Gasteiger partial charge in [-0.25, -0.2) is 0 Å². The molecule has 0 aliphatic carbocycles. The largest absolute Gasteiger partial charge is 0.309 e. The summed E-state index contributed by atoms with van der Waals surface area (Å²) in [6, 6.07) is 6.20. The summed E-state index contributed by atoms with van der Waals surface area (Å²) in [6.07, 6.45) is 5.00. The maximum atomic E-state index is 6.26. The molecule has 0 aromatic carbocycles. The van der Waals surface area contributed by atoms with Gasteiger partial charge >= 0.3 is 0 Å². The molecule has 2 nitrogen and oxygen atoms in total. The monoisotopic (exact) mass is 294 g/mol. The molecule has 0 fully saturated rings. The fraction of sp³-hybridized carbons (Fsp3) is 0.400. The van der Waals surface area contributed by atoms with E-state index in [-0.39, 0.29) is 6.04 Å². The van der Waals surface area contributed by atoms with Crippen molar-refractivity contribution in [1.82, 2.24) is 10.3 Å². The normalized spacial score (nSPS) is 12.5. The Balaban J connectivity index is 2.05. The van der Waals surface area contributed by atoms with Gasteiger partial charge < -0.3 is 5.32 Å². The lowest BCUT2D eigenvalue weighted by Crippen LogP contribution is -2.24. The molecule has 0 spiro atoms. The highest BCUT2D eigenvalue weighted by atomic mass is 35.5. The minimum absolute atomic E-state index is 0.230. The van der Waals surface area contributed by atoms with Crippen LogP contribution in [0.25, 0.3) is 0 Å². The highest BCUT2D eigenvalue weighted by Gasteiger charge is 2.15. The van der Waals surface area contributed by atoms with Gasteiger partial charge in [0, 0.05) is 6.20 Å².